The highest BCUT2D eigenvalue weighted by molar-refractivity contribution is 9.10. The van der Waals surface area contributed by atoms with Crippen LogP contribution < -0.4 is 11.1 Å². The van der Waals surface area contributed by atoms with Gasteiger partial charge in [0.05, 0.1) is 5.69 Å². The number of hydrogen-bond donors (Lipinski definition) is 2. The van der Waals surface area contributed by atoms with Gasteiger partial charge >= 0.3 is 0 Å². The zero-order valence-corrected chi connectivity index (χ0v) is 10.9. The Morgan fingerprint density at radius 3 is 2.47 bits per heavy atom. The predicted molar refractivity (Wildman–Crippen MR) is 73.0 cm³/mol. The second-order valence-electron chi connectivity index (χ2n) is 3.82. The van der Waals surface area contributed by atoms with Gasteiger partial charge in [-0.3, -0.25) is 0 Å². The first-order valence-electron chi connectivity index (χ1n) is 5.14. The summed E-state index contributed by atoms with van der Waals surface area (Å²) in [6.07, 6.45) is 0. The number of nitrogens with one attached hydrogen (secondary N) is 1. The lowest BCUT2D eigenvalue weighted by Crippen LogP contribution is -1.95. The third-order valence-electron chi connectivity index (χ3n) is 2.45. The van der Waals surface area contributed by atoms with Crippen molar-refractivity contribution in [1.29, 1.82) is 0 Å². The molecule has 0 aliphatic heterocycles. The van der Waals surface area contributed by atoms with Crippen molar-refractivity contribution < 1.29 is 4.39 Å². The maximum Gasteiger partial charge on any atom is 0.123 e. The van der Waals surface area contributed by atoms with E-state index >= 15 is 0 Å². The minimum absolute atomic E-state index is 0.232. The van der Waals surface area contributed by atoms with Crippen molar-refractivity contribution in [3.05, 3.63) is 52.3 Å². The van der Waals surface area contributed by atoms with E-state index in [1.54, 1.807) is 6.07 Å². The molecule has 0 heterocycles. The second-order valence-corrected chi connectivity index (χ2v) is 4.68. The lowest BCUT2D eigenvalue weighted by atomic mass is 10.2. The molecule has 0 bridgehead atoms. The summed E-state index contributed by atoms with van der Waals surface area (Å²) in [5.41, 5.74) is 8.98. The molecule has 0 unspecified atom stereocenters. The minimum Gasteiger partial charge on any atom is -0.399 e. The highest BCUT2D eigenvalue weighted by atomic mass is 79.9. The highest BCUT2D eigenvalue weighted by Gasteiger charge is 2.03. The molecule has 0 aliphatic rings. The quantitative estimate of drug-likeness (QED) is 0.814. The molecule has 3 N–H and O–H groups in total. The van der Waals surface area contributed by atoms with E-state index in [0.717, 1.165) is 21.4 Å². The SMILES string of the molecule is Cc1cc(F)ccc1Nc1ccc(N)cc1Br. The van der Waals surface area contributed by atoms with Gasteiger partial charge in [-0.1, -0.05) is 0 Å². The largest absolute Gasteiger partial charge is 0.399 e. The molecule has 0 aliphatic carbocycles. The third kappa shape index (κ3) is 2.77. The topological polar surface area (TPSA) is 38.0 Å². The lowest BCUT2D eigenvalue weighted by molar-refractivity contribution is 0.627. The van der Waals surface area contributed by atoms with Crippen molar-refractivity contribution in [2.45, 2.75) is 6.92 Å². The number of nitrogen functional groups attached to an aromatic ring is 1. The van der Waals surface area contributed by atoms with Crippen LogP contribution in [-0.4, -0.2) is 0 Å². The van der Waals surface area contributed by atoms with E-state index in [1.165, 1.54) is 12.1 Å². The van der Waals surface area contributed by atoms with E-state index in [2.05, 4.69) is 21.2 Å². The Morgan fingerprint density at radius 2 is 1.82 bits per heavy atom. The van der Waals surface area contributed by atoms with Crippen LogP contribution >= 0.6 is 15.9 Å². The maximum absolute atomic E-state index is 13.0. The zero-order chi connectivity index (χ0) is 12.4. The van der Waals surface area contributed by atoms with Gasteiger partial charge < -0.3 is 11.1 Å². The Balaban J connectivity index is 2.31. The van der Waals surface area contributed by atoms with E-state index < -0.39 is 0 Å². The Labute approximate surface area is 108 Å². The first-order chi connectivity index (χ1) is 8.06. The predicted octanol–water partition coefficient (Wildman–Crippen LogP) is 4.22. The van der Waals surface area contributed by atoms with Gasteiger partial charge in [0.15, 0.2) is 0 Å². The van der Waals surface area contributed by atoms with Gasteiger partial charge in [-0.25, -0.2) is 4.39 Å². The fourth-order valence-corrected chi connectivity index (χ4v) is 2.04. The van der Waals surface area contributed by atoms with Crippen LogP contribution in [-0.2, 0) is 0 Å². The molecule has 0 fully saturated rings. The van der Waals surface area contributed by atoms with Crippen LogP contribution in [0.2, 0.25) is 0 Å². The van der Waals surface area contributed by atoms with Crippen molar-refractivity contribution in [2.24, 2.45) is 0 Å². The van der Waals surface area contributed by atoms with Crippen LogP contribution in [0.3, 0.4) is 0 Å². The van der Waals surface area contributed by atoms with Gasteiger partial charge in [0.1, 0.15) is 5.82 Å². The highest BCUT2D eigenvalue weighted by Crippen LogP contribution is 2.29. The Hall–Kier alpha value is -1.55. The molecule has 0 saturated carbocycles. The van der Waals surface area contributed by atoms with Crippen LogP contribution in [0, 0.1) is 12.7 Å². The number of rotatable bonds is 2. The summed E-state index contributed by atoms with van der Waals surface area (Å²) in [6, 6.07) is 10.1. The van der Waals surface area contributed by atoms with Crippen molar-refractivity contribution in [1.82, 2.24) is 0 Å². The van der Waals surface area contributed by atoms with Crippen LogP contribution in [0.15, 0.2) is 40.9 Å². The summed E-state index contributed by atoms with van der Waals surface area (Å²) in [6.45, 7) is 1.86. The number of hydrogen-bond acceptors (Lipinski definition) is 2. The van der Waals surface area contributed by atoms with Gasteiger partial charge in [-0.15, -0.1) is 0 Å². The molecule has 2 rings (SSSR count). The number of anilines is 3. The van der Waals surface area contributed by atoms with E-state index in [9.17, 15) is 4.39 Å². The van der Waals surface area contributed by atoms with Crippen LogP contribution in [0.4, 0.5) is 21.5 Å². The third-order valence-corrected chi connectivity index (χ3v) is 3.11. The first-order valence-corrected chi connectivity index (χ1v) is 5.94. The van der Waals surface area contributed by atoms with Crippen molar-refractivity contribution in [3.8, 4) is 0 Å². The van der Waals surface area contributed by atoms with Gasteiger partial charge in [-0.2, -0.15) is 0 Å². The Morgan fingerprint density at radius 1 is 1.12 bits per heavy atom. The van der Waals surface area contributed by atoms with Crippen LogP contribution in [0.1, 0.15) is 5.56 Å². The van der Waals surface area contributed by atoms with Crippen molar-refractivity contribution >= 4 is 33.0 Å². The van der Waals surface area contributed by atoms with E-state index in [0.29, 0.717) is 5.69 Å². The summed E-state index contributed by atoms with van der Waals surface area (Å²) in [5.74, 6) is -0.232. The first kappa shape index (κ1) is 11.9. The molecule has 0 amide bonds. The average Bonchev–Trinajstić information content (AvgIpc) is 2.25. The molecule has 0 aromatic heterocycles. The van der Waals surface area contributed by atoms with Gasteiger partial charge in [-0.05, 0) is 64.8 Å². The molecule has 2 nitrogen and oxygen atoms in total. The minimum atomic E-state index is -0.232. The molecule has 88 valence electrons. The number of benzene rings is 2. The van der Waals surface area contributed by atoms with E-state index in [-0.39, 0.29) is 5.82 Å². The molecule has 4 heteroatoms. The Bertz CT molecular complexity index is 506. The standard InChI is InChI=1S/C13H12BrFN2/c1-8-6-9(15)2-4-12(8)17-13-5-3-10(16)7-11(13)14/h2-7,17H,16H2,1H3. The molecule has 2 aromatic rings. The number of nitrogens with two attached hydrogens (primary N) is 1. The molecular weight excluding hydrogens is 283 g/mol. The molecule has 0 spiro atoms. The van der Waals surface area contributed by atoms with E-state index in [1.807, 2.05) is 25.1 Å². The number of aryl methyl sites for hydroxylation is 1. The Kier molecular flexibility index (Phi) is 3.33. The van der Waals surface area contributed by atoms with E-state index in [4.69, 9.17) is 5.73 Å². The summed E-state index contributed by atoms with van der Waals surface area (Å²) in [4.78, 5) is 0. The monoisotopic (exact) mass is 294 g/mol. The maximum atomic E-state index is 13.0. The summed E-state index contributed by atoms with van der Waals surface area (Å²) < 4.78 is 13.8. The average molecular weight is 295 g/mol. The fraction of sp³-hybridized carbons (Fsp3) is 0.0769. The molecule has 0 saturated heterocycles. The van der Waals surface area contributed by atoms with Gasteiger partial charge in [0.25, 0.3) is 0 Å². The second kappa shape index (κ2) is 4.75. The summed E-state index contributed by atoms with van der Waals surface area (Å²) >= 11 is 3.43. The fourth-order valence-electron chi connectivity index (χ4n) is 1.55. The van der Waals surface area contributed by atoms with Crippen molar-refractivity contribution in [3.63, 3.8) is 0 Å². The van der Waals surface area contributed by atoms with Gasteiger partial charge in [0, 0.05) is 15.8 Å². The summed E-state index contributed by atoms with van der Waals surface area (Å²) in [7, 11) is 0. The lowest BCUT2D eigenvalue weighted by Gasteiger charge is -2.11. The summed E-state index contributed by atoms with van der Waals surface area (Å²) in [5, 5.41) is 3.23. The molecule has 2 aromatic carbocycles. The smallest absolute Gasteiger partial charge is 0.123 e. The number of halogens is 2. The van der Waals surface area contributed by atoms with Crippen molar-refractivity contribution in [2.75, 3.05) is 11.1 Å². The van der Waals surface area contributed by atoms with Gasteiger partial charge in [0.2, 0.25) is 0 Å². The molecule has 0 radical (unpaired) electrons. The normalized spacial score (nSPS) is 10.3. The molecular formula is C13H12BrFN2. The molecule has 17 heavy (non-hydrogen) atoms. The zero-order valence-electron chi connectivity index (χ0n) is 9.30. The van der Waals surface area contributed by atoms with Crippen LogP contribution in [0.5, 0.6) is 0 Å². The molecule has 0 atom stereocenters. The van der Waals surface area contributed by atoms with Crippen LogP contribution in [0.25, 0.3) is 0 Å².